The molecule has 0 bridgehead atoms. The van der Waals surface area contributed by atoms with Crippen LogP contribution in [0.25, 0.3) is 0 Å². The van der Waals surface area contributed by atoms with E-state index in [9.17, 15) is 13.5 Å². The van der Waals surface area contributed by atoms with Crippen molar-refractivity contribution < 1.29 is 13.5 Å². The predicted octanol–water partition coefficient (Wildman–Crippen LogP) is 0.240. The van der Waals surface area contributed by atoms with Crippen LogP contribution in [0.2, 0.25) is 0 Å². The highest BCUT2D eigenvalue weighted by Gasteiger charge is 2.14. The summed E-state index contributed by atoms with van der Waals surface area (Å²) in [6, 6.07) is 0. The highest BCUT2D eigenvalue weighted by atomic mass is 32.2. The van der Waals surface area contributed by atoms with Crippen molar-refractivity contribution >= 4 is 9.84 Å². The molecule has 0 saturated carbocycles. The zero-order valence-corrected chi connectivity index (χ0v) is 6.44. The third-order valence-electron chi connectivity index (χ3n) is 1.09. The summed E-state index contributed by atoms with van der Waals surface area (Å²) in [5.41, 5.74) is 0. The van der Waals surface area contributed by atoms with E-state index in [1.165, 1.54) is 0 Å². The molecule has 1 radical (unpaired) electrons. The van der Waals surface area contributed by atoms with Gasteiger partial charge in [-0.05, 0) is 13.8 Å². The predicted molar refractivity (Wildman–Crippen MR) is 34.5 cm³/mol. The van der Waals surface area contributed by atoms with Crippen LogP contribution in [0.5, 0.6) is 0 Å². The lowest BCUT2D eigenvalue weighted by Gasteiger charge is -2.02. The Kier molecular flexibility index (Phi) is 3.14. The van der Waals surface area contributed by atoms with E-state index in [1.54, 1.807) is 13.8 Å². The third kappa shape index (κ3) is 2.81. The first kappa shape index (κ1) is 8.91. The maximum atomic E-state index is 10.7. The quantitative estimate of drug-likeness (QED) is 0.580. The number of sulfone groups is 1. The molecule has 0 aromatic heterocycles. The zero-order chi connectivity index (χ0) is 7.49. The van der Waals surface area contributed by atoms with Crippen LogP contribution < -0.4 is 0 Å². The second-order valence-electron chi connectivity index (χ2n) is 2.12. The molecule has 0 aromatic carbocycles. The minimum absolute atomic E-state index is 0.231. The Morgan fingerprint density at radius 3 is 1.89 bits per heavy atom. The van der Waals surface area contributed by atoms with Crippen LogP contribution in [0.15, 0.2) is 0 Å². The second-order valence-corrected chi connectivity index (χ2v) is 4.80. The topological polar surface area (TPSA) is 54.0 Å². The third-order valence-corrected chi connectivity index (χ3v) is 3.26. The molecule has 0 N–H and O–H groups in total. The first-order valence-corrected chi connectivity index (χ1v) is 4.52. The SMILES string of the molecule is CC(C)S(=O)(=O)CC[O]. The van der Waals surface area contributed by atoms with Gasteiger partial charge in [0.2, 0.25) is 0 Å². The maximum Gasteiger partial charge on any atom is 0.155 e. The van der Waals surface area contributed by atoms with Crippen LogP contribution >= 0.6 is 0 Å². The molecule has 0 unspecified atom stereocenters. The fourth-order valence-electron chi connectivity index (χ4n) is 0.352. The molecule has 0 saturated heterocycles. The molecule has 3 nitrogen and oxygen atoms in total. The molecule has 0 aliphatic rings. The van der Waals surface area contributed by atoms with Gasteiger partial charge in [-0.25, -0.2) is 13.5 Å². The molecule has 0 amide bonds. The summed E-state index contributed by atoms with van der Waals surface area (Å²) in [4.78, 5) is 0. The number of hydrogen-bond donors (Lipinski definition) is 0. The van der Waals surface area contributed by atoms with E-state index < -0.39 is 21.7 Å². The van der Waals surface area contributed by atoms with Gasteiger partial charge >= 0.3 is 0 Å². The summed E-state index contributed by atoms with van der Waals surface area (Å²) in [6.07, 6.45) is 0. The summed E-state index contributed by atoms with van der Waals surface area (Å²) in [5, 5.41) is 9.46. The maximum absolute atomic E-state index is 10.7. The van der Waals surface area contributed by atoms with Gasteiger partial charge in [-0.15, -0.1) is 0 Å². The summed E-state index contributed by atoms with van der Waals surface area (Å²) in [5.74, 6) is -0.231. The first-order valence-electron chi connectivity index (χ1n) is 2.80. The van der Waals surface area contributed by atoms with Gasteiger partial charge in [0.05, 0.1) is 17.6 Å². The molecular formula is C5H11O3S. The fourth-order valence-corrected chi connectivity index (χ4v) is 1.06. The Balaban J connectivity index is 4.05. The fraction of sp³-hybridized carbons (Fsp3) is 1.00. The van der Waals surface area contributed by atoms with Crippen LogP contribution in [-0.2, 0) is 14.9 Å². The van der Waals surface area contributed by atoms with E-state index in [0.29, 0.717) is 0 Å². The smallest absolute Gasteiger partial charge is 0.155 e. The molecule has 0 aliphatic carbocycles. The van der Waals surface area contributed by atoms with E-state index in [2.05, 4.69) is 0 Å². The Labute approximate surface area is 55.6 Å². The van der Waals surface area contributed by atoms with E-state index in [4.69, 9.17) is 0 Å². The average molecular weight is 151 g/mol. The van der Waals surface area contributed by atoms with Crippen molar-refractivity contribution in [2.24, 2.45) is 0 Å². The Morgan fingerprint density at radius 2 is 1.78 bits per heavy atom. The lowest BCUT2D eigenvalue weighted by atomic mass is 10.6. The summed E-state index contributed by atoms with van der Waals surface area (Å²) >= 11 is 0. The van der Waals surface area contributed by atoms with Crippen molar-refractivity contribution in [1.82, 2.24) is 0 Å². The van der Waals surface area contributed by atoms with Gasteiger partial charge < -0.3 is 0 Å². The number of rotatable bonds is 3. The molecular weight excluding hydrogens is 140 g/mol. The van der Waals surface area contributed by atoms with Crippen molar-refractivity contribution in [1.29, 1.82) is 0 Å². The molecule has 0 rings (SSSR count). The van der Waals surface area contributed by atoms with Gasteiger partial charge in [-0.2, -0.15) is 0 Å². The monoisotopic (exact) mass is 151 g/mol. The molecule has 55 valence electrons. The second kappa shape index (κ2) is 3.17. The van der Waals surface area contributed by atoms with Crippen LogP contribution in [0.3, 0.4) is 0 Å². The van der Waals surface area contributed by atoms with Crippen molar-refractivity contribution in [3.63, 3.8) is 0 Å². The van der Waals surface area contributed by atoms with Gasteiger partial charge in [0, 0.05) is 0 Å². The van der Waals surface area contributed by atoms with Gasteiger partial charge in [0.15, 0.2) is 9.84 Å². The lowest BCUT2D eigenvalue weighted by Crippen LogP contribution is -2.19. The largest absolute Gasteiger partial charge is 0.236 e. The summed E-state index contributed by atoms with van der Waals surface area (Å²) in [7, 11) is -3.06. The molecule has 0 fully saturated rings. The molecule has 0 aliphatic heterocycles. The lowest BCUT2D eigenvalue weighted by molar-refractivity contribution is 0.213. The standard InChI is InChI=1S/C5H11O3S/c1-5(2)9(7,8)4-3-6/h5H,3-4H2,1-2H3. The molecule has 0 atom stereocenters. The van der Waals surface area contributed by atoms with Crippen molar-refractivity contribution in [3.05, 3.63) is 0 Å². The van der Waals surface area contributed by atoms with Gasteiger partial charge in [-0.1, -0.05) is 0 Å². The van der Waals surface area contributed by atoms with Crippen molar-refractivity contribution in [2.45, 2.75) is 19.1 Å². The average Bonchev–Trinajstić information content (AvgIpc) is 1.65. The van der Waals surface area contributed by atoms with Crippen LogP contribution in [0.4, 0.5) is 0 Å². The highest BCUT2D eigenvalue weighted by molar-refractivity contribution is 7.91. The summed E-state index contributed by atoms with van der Waals surface area (Å²) < 4.78 is 21.5. The molecule has 0 heterocycles. The minimum atomic E-state index is -3.06. The van der Waals surface area contributed by atoms with Gasteiger partial charge in [0.1, 0.15) is 0 Å². The Hall–Kier alpha value is -0.0900. The first-order chi connectivity index (χ1) is 4.00. The van der Waals surface area contributed by atoms with Crippen LogP contribution in [-0.4, -0.2) is 26.0 Å². The van der Waals surface area contributed by atoms with Crippen LogP contribution in [0, 0.1) is 0 Å². The van der Waals surface area contributed by atoms with Gasteiger partial charge in [0.25, 0.3) is 0 Å². The Morgan fingerprint density at radius 1 is 1.33 bits per heavy atom. The summed E-state index contributed by atoms with van der Waals surface area (Å²) in [6.45, 7) is 2.62. The highest BCUT2D eigenvalue weighted by Crippen LogP contribution is 1.98. The molecule has 0 aromatic rings. The van der Waals surface area contributed by atoms with E-state index in [-0.39, 0.29) is 5.75 Å². The molecule has 0 spiro atoms. The Bertz CT molecular complexity index is 157. The van der Waals surface area contributed by atoms with Gasteiger partial charge in [-0.3, -0.25) is 0 Å². The molecule has 4 heteroatoms. The van der Waals surface area contributed by atoms with E-state index >= 15 is 0 Å². The molecule has 9 heavy (non-hydrogen) atoms. The minimum Gasteiger partial charge on any atom is -0.236 e. The zero-order valence-electron chi connectivity index (χ0n) is 5.62. The van der Waals surface area contributed by atoms with Crippen molar-refractivity contribution in [2.75, 3.05) is 12.4 Å². The van der Waals surface area contributed by atoms with Crippen LogP contribution in [0.1, 0.15) is 13.8 Å². The van der Waals surface area contributed by atoms with E-state index in [0.717, 1.165) is 0 Å². The normalized spacial score (nSPS) is 12.4. The van der Waals surface area contributed by atoms with Crippen molar-refractivity contribution in [3.8, 4) is 0 Å². The van der Waals surface area contributed by atoms with E-state index in [1.807, 2.05) is 0 Å². The number of hydrogen-bond acceptors (Lipinski definition) is 2.